The number of imidazole rings is 1. The second-order valence-electron chi connectivity index (χ2n) is 9.46. The summed E-state index contributed by atoms with van der Waals surface area (Å²) >= 11 is 0. The summed E-state index contributed by atoms with van der Waals surface area (Å²) in [5.41, 5.74) is 5.31. The molecule has 1 unspecified atom stereocenters. The fourth-order valence-electron chi connectivity index (χ4n) is 5.45. The standard InChI is InChI=1S/C25H34N6O/c1-28(2)19-12-14-30(15-19)24-11-5-10-23-27-20(22(17-32)31(23)24)16-29(3)21-9-4-7-18-8-6-13-26-25(18)21/h5-6,8,10-11,13,19,21,32H,4,7,9,12,14-17H2,1-3H3/t19?,21-/m0/s1. The van der Waals surface area contributed by atoms with E-state index in [1.807, 2.05) is 18.3 Å². The van der Waals surface area contributed by atoms with Gasteiger partial charge >= 0.3 is 0 Å². The van der Waals surface area contributed by atoms with Crippen LogP contribution in [0.2, 0.25) is 0 Å². The van der Waals surface area contributed by atoms with Gasteiger partial charge in [0.05, 0.1) is 29.7 Å². The van der Waals surface area contributed by atoms with Crippen molar-refractivity contribution in [1.82, 2.24) is 24.2 Å². The molecule has 0 radical (unpaired) electrons. The van der Waals surface area contributed by atoms with E-state index in [2.05, 4.69) is 58.4 Å². The molecule has 3 aromatic rings. The Labute approximate surface area is 190 Å². The van der Waals surface area contributed by atoms with Crippen molar-refractivity contribution in [3.8, 4) is 0 Å². The van der Waals surface area contributed by atoms with Gasteiger partial charge in [-0.3, -0.25) is 14.3 Å². The Morgan fingerprint density at radius 1 is 1.12 bits per heavy atom. The van der Waals surface area contributed by atoms with Gasteiger partial charge in [-0.15, -0.1) is 0 Å². The summed E-state index contributed by atoms with van der Waals surface area (Å²) in [4.78, 5) is 16.8. The van der Waals surface area contributed by atoms with Gasteiger partial charge < -0.3 is 14.9 Å². The van der Waals surface area contributed by atoms with Gasteiger partial charge in [0.25, 0.3) is 0 Å². The minimum absolute atomic E-state index is 0.0220. The number of likely N-dealkylation sites (N-methyl/N-ethyl adjacent to an activating group) is 1. The van der Waals surface area contributed by atoms with Crippen molar-refractivity contribution in [3.63, 3.8) is 0 Å². The molecule has 170 valence electrons. The van der Waals surface area contributed by atoms with Gasteiger partial charge in [0, 0.05) is 31.9 Å². The molecule has 1 fully saturated rings. The van der Waals surface area contributed by atoms with E-state index in [1.54, 1.807) is 0 Å². The van der Waals surface area contributed by atoms with Crippen LogP contribution in [0.4, 0.5) is 5.82 Å². The molecule has 7 heteroatoms. The highest BCUT2D eigenvalue weighted by molar-refractivity contribution is 5.55. The highest BCUT2D eigenvalue weighted by Gasteiger charge is 2.29. The number of hydrogen-bond acceptors (Lipinski definition) is 6. The Morgan fingerprint density at radius 3 is 2.78 bits per heavy atom. The number of nitrogens with zero attached hydrogens (tertiary/aromatic N) is 6. The summed E-state index contributed by atoms with van der Waals surface area (Å²) in [7, 11) is 6.46. The van der Waals surface area contributed by atoms with E-state index in [9.17, 15) is 5.11 Å². The first-order chi connectivity index (χ1) is 15.6. The number of aryl methyl sites for hydroxylation is 1. The molecule has 5 rings (SSSR count). The third kappa shape index (κ3) is 3.78. The molecule has 1 aliphatic carbocycles. The molecule has 7 nitrogen and oxygen atoms in total. The zero-order chi connectivity index (χ0) is 22.2. The first-order valence-electron chi connectivity index (χ1n) is 11.7. The van der Waals surface area contributed by atoms with Crippen LogP contribution in [-0.4, -0.2) is 69.5 Å². The van der Waals surface area contributed by atoms with Crippen LogP contribution >= 0.6 is 0 Å². The Morgan fingerprint density at radius 2 is 2.00 bits per heavy atom. The Balaban J connectivity index is 1.46. The zero-order valence-corrected chi connectivity index (χ0v) is 19.4. The van der Waals surface area contributed by atoms with Crippen molar-refractivity contribution in [2.75, 3.05) is 39.1 Å². The van der Waals surface area contributed by atoms with E-state index >= 15 is 0 Å². The number of aliphatic hydroxyl groups is 1. The lowest BCUT2D eigenvalue weighted by Crippen LogP contribution is -2.32. The average Bonchev–Trinajstić information content (AvgIpc) is 3.43. The third-order valence-electron chi connectivity index (χ3n) is 7.27. The molecule has 1 saturated heterocycles. The summed E-state index contributed by atoms with van der Waals surface area (Å²) in [5.74, 6) is 1.13. The second kappa shape index (κ2) is 8.81. The molecule has 0 saturated carbocycles. The van der Waals surface area contributed by atoms with Crippen molar-refractivity contribution in [1.29, 1.82) is 0 Å². The summed E-state index contributed by atoms with van der Waals surface area (Å²) in [5, 5.41) is 10.4. The van der Waals surface area contributed by atoms with E-state index in [-0.39, 0.29) is 12.6 Å². The van der Waals surface area contributed by atoms with Crippen LogP contribution in [0.1, 0.15) is 47.9 Å². The minimum Gasteiger partial charge on any atom is -0.390 e. The maximum absolute atomic E-state index is 10.4. The van der Waals surface area contributed by atoms with Crippen molar-refractivity contribution in [2.24, 2.45) is 0 Å². The second-order valence-corrected chi connectivity index (χ2v) is 9.46. The predicted octanol–water partition coefficient (Wildman–Crippen LogP) is 2.87. The van der Waals surface area contributed by atoms with Crippen LogP contribution in [0.5, 0.6) is 0 Å². The molecule has 0 amide bonds. The Bertz CT molecular complexity index is 1090. The summed E-state index contributed by atoms with van der Waals surface area (Å²) in [6, 6.07) is 11.4. The van der Waals surface area contributed by atoms with Gasteiger partial charge in [-0.05, 0) is 70.6 Å². The lowest BCUT2D eigenvalue weighted by Gasteiger charge is -2.32. The maximum Gasteiger partial charge on any atom is 0.138 e. The molecule has 3 aromatic heterocycles. The molecule has 0 aromatic carbocycles. The van der Waals surface area contributed by atoms with Crippen LogP contribution in [0.3, 0.4) is 0 Å². The van der Waals surface area contributed by atoms with E-state index in [0.717, 1.165) is 55.2 Å². The third-order valence-corrected chi connectivity index (χ3v) is 7.27. The molecule has 4 heterocycles. The molecular formula is C25H34N6O. The van der Waals surface area contributed by atoms with Gasteiger partial charge in [-0.1, -0.05) is 12.1 Å². The summed E-state index contributed by atoms with van der Waals surface area (Å²) in [6.45, 7) is 2.68. The van der Waals surface area contributed by atoms with Crippen LogP contribution in [0, 0.1) is 0 Å². The first kappa shape index (κ1) is 21.4. The van der Waals surface area contributed by atoms with Gasteiger partial charge in [0.1, 0.15) is 11.5 Å². The van der Waals surface area contributed by atoms with Gasteiger partial charge in [0.15, 0.2) is 0 Å². The summed E-state index contributed by atoms with van der Waals surface area (Å²) in [6.07, 6.45) is 6.44. The Hall–Kier alpha value is -2.48. The normalized spacial score (nSPS) is 21.1. The number of anilines is 1. The van der Waals surface area contributed by atoms with Crippen LogP contribution in [0.15, 0.2) is 36.5 Å². The number of hydrogen-bond donors (Lipinski definition) is 1. The van der Waals surface area contributed by atoms with E-state index in [1.165, 1.54) is 17.7 Å². The predicted molar refractivity (Wildman–Crippen MR) is 127 cm³/mol. The van der Waals surface area contributed by atoms with Crippen molar-refractivity contribution < 1.29 is 5.11 Å². The lowest BCUT2D eigenvalue weighted by atomic mass is 9.91. The van der Waals surface area contributed by atoms with Crippen LogP contribution in [0.25, 0.3) is 5.65 Å². The van der Waals surface area contributed by atoms with Gasteiger partial charge in [-0.2, -0.15) is 0 Å². The Kier molecular flexibility index (Phi) is 5.88. The van der Waals surface area contributed by atoms with Gasteiger partial charge in [0.2, 0.25) is 0 Å². The smallest absolute Gasteiger partial charge is 0.138 e. The first-order valence-corrected chi connectivity index (χ1v) is 11.7. The fourth-order valence-corrected chi connectivity index (χ4v) is 5.45. The van der Waals surface area contributed by atoms with Crippen LogP contribution in [-0.2, 0) is 19.6 Å². The topological polar surface area (TPSA) is 60.1 Å². The van der Waals surface area contributed by atoms with Crippen molar-refractivity contribution >= 4 is 11.5 Å². The number of aliphatic hydroxyl groups excluding tert-OH is 1. The van der Waals surface area contributed by atoms with E-state index in [4.69, 9.17) is 9.97 Å². The zero-order valence-electron chi connectivity index (χ0n) is 19.4. The molecule has 32 heavy (non-hydrogen) atoms. The van der Waals surface area contributed by atoms with Crippen molar-refractivity contribution in [2.45, 2.75) is 50.9 Å². The molecule has 1 N–H and O–H groups in total. The number of fused-ring (bicyclic) bond motifs is 2. The molecule has 0 bridgehead atoms. The fraction of sp³-hybridized carbons (Fsp3) is 0.520. The minimum atomic E-state index is -0.0220. The lowest BCUT2D eigenvalue weighted by molar-refractivity contribution is 0.203. The highest BCUT2D eigenvalue weighted by atomic mass is 16.3. The number of pyridine rings is 2. The quantitative estimate of drug-likeness (QED) is 0.644. The number of rotatable bonds is 6. The monoisotopic (exact) mass is 434 g/mol. The highest BCUT2D eigenvalue weighted by Crippen LogP contribution is 2.33. The van der Waals surface area contributed by atoms with E-state index < -0.39 is 0 Å². The number of aromatic nitrogens is 3. The SMILES string of the molecule is CN(C)C1CCN(c2cccc3nc(CN(C)[C@H]4CCCc5cccnc54)c(CO)n23)C1. The molecule has 1 aliphatic heterocycles. The molecule has 2 atom stereocenters. The van der Waals surface area contributed by atoms with Crippen LogP contribution < -0.4 is 4.90 Å². The maximum atomic E-state index is 10.4. The molecule has 2 aliphatic rings. The summed E-state index contributed by atoms with van der Waals surface area (Å²) < 4.78 is 2.16. The van der Waals surface area contributed by atoms with Crippen molar-refractivity contribution in [3.05, 3.63) is 59.2 Å². The molecule has 0 spiro atoms. The largest absolute Gasteiger partial charge is 0.390 e. The van der Waals surface area contributed by atoms with E-state index in [0.29, 0.717) is 12.6 Å². The average molecular weight is 435 g/mol. The van der Waals surface area contributed by atoms with Gasteiger partial charge in [-0.25, -0.2) is 4.98 Å². The molecular weight excluding hydrogens is 400 g/mol.